The zero-order chi connectivity index (χ0) is 31.7. The largest absolute Gasteiger partial charge is 0.491 e. The lowest BCUT2D eigenvalue weighted by Crippen LogP contribution is -2.55. The van der Waals surface area contributed by atoms with Crippen molar-refractivity contribution >= 4 is 23.5 Å². The number of hydrogen-bond acceptors (Lipinski definition) is 8. The Morgan fingerprint density at radius 3 is 2.55 bits per heavy atom. The van der Waals surface area contributed by atoms with Crippen LogP contribution in [0.3, 0.4) is 0 Å². The molecule has 1 saturated heterocycles. The standard InChI is InChI=1S/C28H31F6N5O5/c29-27(30,31)16-38-10-11-43-19(14-38)15-44-18-4-5-21-17(12-18)6-9-39(21)25-35-13-20(22(36-25)28(32,33)34)23(40)37-26(24(41)42)7-2-1-3-8-26/h4-5,12-13,19H,1-3,6-11,14-16H2,(H,37,40)(H,41,42). The number of alkyl halides is 6. The Morgan fingerprint density at radius 1 is 1.11 bits per heavy atom. The quantitative estimate of drug-likeness (QED) is 0.411. The van der Waals surface area contributed by atoms with E-state index in [0.717, 1.165) is 18.2 Å². The van der Waals surface area contributed by atoms with Gasteiger partial charge in [0.2, 0.25) is 5.95 Å². The van der Waals surface area contributed by atoms with Gasteiger partial charge in [-0.25, -0.2) is 14.8 Å². The molecular weight excluding hydrogens is 600 g/mol. The van der Waals surface area contributed by atoms with Gasteiger partial charge in [-0.1, -0.05) is 19.3 Å². The first-order chi connectivity index (χ1) is 20.7. The number of morpholine rings is 1. The average molecular weight is 632 g/mol. The molecule has 0 bridgehead atoms. The van der Waals surface area contributed by atoms with Gasteiger partial charge in [0.1, 0.15) is 24.0 Å². The molecule has 44 heavy (non-hydrogen) atoms. The van der Waals surface area contributed by atoms with Crippen LogP contribution >= 0.6 is 0 Å². The summed E-state index contributed by atoms with van der Waals surface area (Å²) in [4.78, 5) is 35.4. The average Bonchev–Trinajstić information content (AvgIpc) is 3.38. The topological polar surface area (TPSA) is 117 Å². The van der Waals surface area contributed by atoms with Gasteiger partial charge in [0.05, 0.1) is 18.7 Å². The summed E-state index contributed by atoms with van der Waals surface area (Å²) < 4.78 is 91.9. The minimum Gasteiger partial charge on any atom is -0.491 e. The third kappa shape index (κ3) is 7.17. The van der Waals surface area contributed by atoms with Gasteiger partial charge in [-0.15, -0.1) is 0 Å². The summed E-state index contributed by atoms with van der Waals surface area (Å²) in [5.41, 5.74) is -2.74. The van der Waals surface area contributed by atoms with E-state index in [2.05, 4.69) is 15.3 Å². The molecule has 1 atom stereocenters. The molecule has 10 nitrogen and oxygen atoms in total. The second kappa shape index (κ2) is 12.4. The number of aromatic nitrogens is 2. The van der Waals surface area contributed by atoms with E-state index in [1.807, 2.05) is 0 Å². The number of carboxylic acid groups (broad SMARTS) is 1. The van der Waals surface area contributed by atoms with Crippen LogP contribution in [0.25, 0.3) is 0 Å². The van der Waals surface area contributed by atoms with Gasteiger partial charge < -0.3 is 24.8 Å². The molecule has 2 aliphatic heterocycles. The summed E-state index contributed by atoms with van der Waals surface area (Å²) in [5, 5.41) is 12.0. The van der Waals surface area contributed by atoms with Crippen LogP contribution in [0.15, 0.2) is 24.4 Å². The molecule has 16 heteroatoms. The van der Waals surface area contributed by atoms with E-state index in [-0.39, 0.29) is 51.6 Å². The molecule has 1 aromatic heterocycles. The highest BCUT2D eigenvalue weighted by Crippen LogP contribution is 2.38. The Bertz CT molecular complexity index is 1380. The molecule has 2 fully saturated rings. The molecule has 0 spiro atoms. The Hall–Kier alpha value is -3.66. The number of nitrogens with one attached hydrogen (secondary N) is 1. The van der Waals surface area contributed by atoms with Gasteiger partial charge in [0.15, 0.2) is 5.69 Å². The number of ether oxygens (including phenoxy) is 2. The first-order valence-corrected chi connectivity index (χ1v) is 14.2. The molecule has 2 aromatic rings. The van der Waals surface area contributed by atoms with Gasteiger partial charge >= 0.3 is 18.3 Å². The summed E-state index contributed by atoms with van der Waals surface area (Å²) >= 11 is 0. The second-order valence-corrected chi connectivity index (χ2v) is 11.2. The van der Waals surface area contributed by atoms with E-state index in [0.29, 0.717) is 30.7 Å². The highest BCUT2D eigenvalue weighted by Gasteiger charge is 2.44. The normalized spacial score (nSPS) is 20.7. The number of rotatable bonds is 8. The Morgan fingerprint density at radius 2 is 1.86 bits per heavy atom. The number of carboxylic acids is 1. The predicted octanol–water partition coefficient (Wildman–Crippen LogP) is 4.35. The van der Waals surface area contributed by atoms with Crippen LogP contribution < -0.4 is 15.0 Å². The van der Waals surface area contributed by atoms with Crippen molar-refractivity contribution < 1.29 is 50.5 Å². The van der Waals surface area contributed by atoms with Crippen molar-refractivity contribution in [2.24, 2.45) is 0 Å². The molecule has 3 heterocycles. The number of benzene rings is 1. The number of aliphatic carboxylic acids is 1. The van der Waals surface area contributed by atoms with E-state index in [4.69, 9.17) is 9.47 Å². The van der Waals surface area contributed by atoms with Crippen molar-refractivity contribution in [3.8, 4) is 5.75 Å². The summed E-state index contributed by atoms with van der Waals surface area (Å²) in [6.07, 6.45) is -6.71. The SMILES string of the molecule is O=C(NC1(C(=O)O)CCCCC1)c1cnc(N2CCc3cc(OCC4CN(CC(F)(F)F)CCO4)ccc32)nc1C(F)(F)F. The lowest BCUT2D eigenvalue weighted by molar-refractivity contribution is -0.161. The van der Waals surface area contributed by atoms with Gasteiger partial charge in [-0.05, 0) is 43.0 Å². The summed E-state index contributed by atoms with van der Waals surface area (Å²) in [7, 11) is 0. The molecule has 1 unspecified atom stereocenters. The third-order valence-electron chi connectivity index (χ3n) is 8.01. The molecule has 3 aliphatic rings. The molecular formula is C28H31F6N5O5. The molecule has 1 aromatic carbocycles. The van der Waals surface area contributed by atoms with Crippen LogP contribution in [-0.2, 0) is 22.1 Å². The molecule has 1 saturated carbocycles. The first kappa shape index (κ1) is 31.8. The van der Waals surface area contributed by atoms with Crippen LogP contribution in [0.2, 0.25) is 0 Å². The van der Waals surface area contributed by atoms with Gasteiger partial charge in [0, 0.05) is 31.5 Å². The van der Waals surface area contributed by atoms with Crippen molar-refractivity contribution in [1.82, 2.24) is 20.2 Å². The predicted molar refractivity (Wildman–Crippen MR) is 143 cm³/mol. The van der Waals surface area contributed by atoms with E-state index in [1.165, 1.54) is 9.80 Å². The van der Waals surface area contributed by atoms with Crippen molar-refractivity contribution in [3.63, 3.8) is 0 Å². The summed E-state index contributed by atoms with van der Waals surface area (Å²) in [6.45, 7) is -0.415. The number of anilines is 2. The zero-order valence-electron chi connectivity index (χ0n) is 23.5. The van der Waals surface area contributed by atoms with Crippen LogP contribution in [0, 0.1) is 0 Å². The lowest BCUT2D eigenvalue weighted by atomic mass is 9.81. The monoisotopic (exact) mass is 631 g/mol. The molecule has 2 N–H and O–H groups in total. The number of halogens is 6. The smallest absolute Gasteiger partial charge is 0.434 e. The zero-order valence-corrected chi connectivity index (χ0v) is 23.5. The lowest BCUT2D eigenvalue weighted by Gasteiger charge is -2.34. The number of amides is 1. The molecule has 240 valence electrons. The van der Waals surface area contributed by atoms with Gasteiger partial charge in [0.25, 0.3) is 5.91 Å². The Kier molecular flexibility index (Phi) is 8.94. The highest BCUT2D eigenvalue weighted by molar-refractivity contribution is 5.98. The third-order valence-corrected chi connectivity index (χ3v) is 8.01. The number of hydrogen-bond donors (Lipinski definition) is 2. The maximum atomic E-state index is 14.1. The summed E-state index contributed by atoms with van der Waals surface area (Å²) in [5.74, 6) is -2.38. The van der Waals surface area contributed by atoms with Crippen molar-refractivity contribution in [3.05, 3.63) is 41.2 Å². The van der Waals surface area contributed by atoms with Crippen molar-refractivity contribution in [2.45, 2.75) is 62.5 Å². The fourth-order valence-electron chi connectivity index (χ4n) is 5.86. The maximum Gasteiger partial charge on any atom is 0.434 e. The van der Waals surface area contributed by atoms with Crippen molar-refractivity contribution in [2.75, 3.05) is 44.3 Å². The highest BCUT2D eigenvalue weighted by atomic mass is 19.4. The molecule has 1 aliphatic carbocycles. The number of fused-ring (bicyclic) bond motifs is 1. The van der Waals surface area contributed by atoms with Gasteiger partial charge in [-0.2, -0.15) is 26.3 Å². The first-order valence-electron chi connectivity index (χ1n) is 14.2. The number of carbonyl (C=O) groups excluding carboxylic acids is 1. The molecule has 1 amide bonds. The Labute approximate surface area is 248 Å². The van der Waals surface area contributed by atoms with Crippen LogP contribution in [0.4, 0.5) is 38.0 Å². The fraction of sp³-hybridized carbons (Fsp3) is 0.571. The minimum absolute atomic E-state index is 0.0155. The van der Waals surface area contributed by atoms with Crippen LogP contribution in [0.5, 0.6) is 5.75 Å². The summed E-state index contributed by atoms with van der Waals surface area (Å²) in [6, 6.07) is 4.88. The van der Waals surface area contributed by atoms with E-state index >= 15 is 0 Å². The Balaban J connectivity index is 1.29. The van der Waals surface area contributed by atoms with Gasteiger partial charge in [-0.3, -0.25) is 9.69 Å². The van der Waals surface area contributed by atoms with E-state index in [1.54, 1.807) is 18.2 Å². The second-order valence-electron chi connectivity index (χ2n) is 11.2. The number of carbonyl (C=O) groups is 2. The van der Waals surface area contributed by atoms with Crippen molar-refractivity contribution in [1.29, 1.82) is 0 Å². The fourth-order valence-corrected chi connectivity index (χ4v) is 5.86. The van der Waals surface area contributed by atoms with E-state index in [9.17, 15) is 41.0 Å². The van der Waals surface area contributed by atoms with Crippen LogP contribution in [0.1, 0.15) is 53.7 Å². The number of nitrogens with zero attached hydrogens (tertiary/aromatic N) is 4. The molecule has 0 radical (unpaired) electrons. The molecule has 5 rings (SSSR count). The van der Waals surface area contributed by atoms with E-state index < -0.39 is 53.7 Å². The maximum absolute atomic E-state index is 14.1. The van der Waals surface area contributed by atoms with Crippen LogP contribution in [-0.4, -0.2) is 89.1 Å². The minimum atomic E-state index is -5.02.